The first-order valence-electron chi connectivity index (χ1n) is 9.32. The minimum absolute atomic E-state index is 0.0237. The first-order valence-corrected chi connectivity index (χ1v) is 9.32. The Labute approximate surface area is 174 Å². The van der Waals surface area contributed by atoms with E-state index in [1.807, 2.05) is 36.4 Å². The summed E-state index contributed by atoms with van der Waals surface area (Å²) >= 11 is 0. The summed E-state index contributed by atoms with van der Waals surface area (Å²) in [7, 11) is 1.66. The maximum Gasteiger partial charge on any atom is 0.339 e. The van der Waals surface area contributed by atoms with Crippen molar-refractivity contribution >= 4 is 17.6 Å². The number of nitriles is 1. The third kappa shape index (κ3) is 5.03. The first-order chi connectivity index (χ1) is 14.6. The van der Waals surface area contributed by atoms with Crippen LogP contribution >= 0.6 is 0 Å². The molecular formula is C24H20N2O4. The molecule has 3 aromatic rings. The molecule has 6 heteroatoms. The number of hydrogen-bond donors (Lipinski definition) is 0. The summed E-state index contributed by atoms with van der Waals surface area (Å²) in [5.41, 5.74) is 1.72. The van der Waals surface area contributed by atoms with Crippen molar-refractivity contribution in [1.82, 2.24) is 0 Å². The van der Waals surface area contributed by atoms with Gasteiger partial charge in [-0.3, -0.25) is 4.79 Å². The predicted molar refractivity (Wildman–Crippen MR) is 113 cm³/mol. The van der Waals surface area contributed by atoms with E-state index >= 15 is 0 Å². The molecule has 0 aliphatic heterocycles. The number of esters is 1. The fourth-order valence-corrected chi connectivity index (χ4v) is 2.79. The molecule has 150 valence electrons. The molecule has 0 spiro atoms. The lowest BCUT2D eigenvalue weighted by molar-refractivity contribution is 0.0448. The van der Waals surface area contributed by atoms with Crippen LogP contribution in [0.5, 0.6) is 5.75 Å². The second-order valence-corrected chi connectivity index (χ2v) is 6.37. The zero-order chi connectivity index (χ0) is 21.3. The minimum Gasteiger partial charge on any atom is -0.490 e. The van der Waals surface area contributed by atoms with Crippen LogP contribution in [0.2, 0.25) is 0 Å². The van der Waals surface area contributed by atoms with Crippen molar-refractivity contribution < 1.29 is 19.1 Å². The fourth-order valence-electron chi connectivity index (χ4n) is 2.79. The number of benzene rings is 3. The maximum atomic E-state index is 12.9. The molecule has 6 nitrogen and oxygen atoms in total. The van der Waals surface area contributed by atoms with E-state index in [4.69, 9.17) is 14.7 Å². The highest BCUT2D eigenvalue weighted by molar-refractivity contribution is 6.11. The molecule has 0 saturated carbocycles. The van der Waals surface area contributed by atoms with Gasteiger partial charge in [0.05, 0.1) is 22.8 Å². The van der Waals surface area contributed by atoms with E-state index in [1.165, 1.54) is 4.90 Å². The van der Waals surface area contributed by atoms with E-state index in [0.29, 0.717) is 11.3 Å². The number of nitrogens with zero attached hydrogens (tertiary/aromatic N) is 2. The summed E-state index contributed by atoms with van der Waals surface area (Å²) in [6, 6.07) is 24.4. The van der Waals surface area contributed by atoms with Gasteiger partial charge >= 0.3 is 5.97 Å². The van der Waals surface area contributed by atoms with E-state index in [9.17, 15) is 9.59 Å². The Kier molecular flexibility index (Phi) is 6.80. The van der Waals surface area contributed by atoms with Gasteiger partial charge in [0.25, 0.3) is 5.91 Å². The van der Waals surface area contributed by atoms with Crippen LogP contribution in [0.1, 0.15) is 26.3 Å². The molecule has 0 aliphatic carbocycles. The van der Waals surface area contributed by atoms with E-state index in [1.54, 1.807) is 55.6 Å². The summed E-state index contributed by atoms with van der Waals surface area (Å²) in [6.07, 6.45) is 0. The lowest BCUT2D eigenvalue weighted by Gasteiger charge is -2.18. The lowest BCUT2D eigenvalue weighted by atomic mass is 10.1. The van der Waals surface area contributed by atoms with Crippen LogP contribution in [-0.4, -0.2) is 32.1 Å². The number of rotatable bonds is 7. The van der Waals surface area contributed by atoms with Crippen molar-refractivity contribution in [2.24, 2.45) is 0 Å². The van der Waals surface area contributed by atoms with Gasteiger partial charge in [-0.05, 0) is 48.5 Å². The number of carbonyl (C=O) groups excluding carboxylic acids is 2. The zero-order valence-electron chi connectivity index (χ0n) is 16.4. The molecule has 0 saturated heterocycles. The number of amides is 1. The Bertz CT molecular complexity index is 1060. The first kappa shape index (κ1) is 20.6. The molecule has 0 aromatic heterocycles. The van der Waals surface area contributed by atoms with Gasteiger partial charge in [-0.1, -0.05) is 30.3 Å². The number of carbonyl (C=O) groups is 2. The second kappa shape index (κ2) is 9.89. The Morgan fingerprint density at radius 2 is 1.50 bits per heavy atom. The maximum absolute atomic E-state index is 12.9. The number of hydrogen-bond acceptors (Lipinski definition) is 5. The molecule has 0 radical (unpaired) electrons. The molecule has 0 fully saturated rings. The van der Waals surface area contributed by atoms with Gasteiger partial charge in [0.2, 0.25) is 0 Å². The lowest BCUT2D eigenvalue weighted by Crippen LogP contribution is -2.28. The fraction of sp³-hybridized carbons (Fsp3) is 0.125. The quantitative estimate of drug-likeness (QED) is 0.441. The van der Waals surface area contributed by atoms with Crippen LogP contribution in [0.15, 0.2) is 78.9 Å². The van der Waals surface area contributed by atoms with Gasteiger partial charge in [0.1, 0.15) is 19.0 Å². The smallest absolute Gasteiger partial charge is 0.339 e. The molecule has 0 aliphatic rings. The van der Waals surface area contributed by atoms with Crippen LogP contribution in [0.25, 0.3) is 0 Å². The van der Waals surface area contributed by atoms with Gasteiger partial charge in [-0.15, -0.1) is 0 Å². The van der Waals surface area contributed by atoms with Crippen molar-refractivity contribution in [3.05, 3.63) is 95.6 Å². The molecule has 3 aromatic carbocycles. The van der Waals surface area contributed by atoms with Crippen molar-refractivity contribution in [3.8, 4) is 11.8 Å². The third-order valence-electron chi connectivity index (χ3n) is 4.39. The standard InChI is InChI=1S/C24H20N2O4/c1-26(19-7-3-2-4-8-19)23(27)21-9-5-6-10-22(21)24(28)30-16-15-29-20-13-11-18(17-25)12-14-20/h2-14H,15-16H2,1H3. The summed E-state index contributed by atoms with van der Waals surface area (Å²) in [6.45, 7) is 0.174. The zero-order valence-corrected chi connectivity index (χ0v) is 16.4. The monoisotopic (exact) mass is 400 g/mol. The Balaban J connectivity index is 1.61. The van der Waals surface area contributed by atoms with Crippen molar-refractivity contribution in [3.63, 3.8) is 0 Å². The third-order valence-corrected chi connectivity index (χ3v) is 4.39. The van der Waals surface area contributed by atoms with Gasteiger partial charge in [-0.2, -0.15) is 5.26 Å². The molecule has 0 atom stereocenters. The highest BCUT2D eigenvalue weighted by Gasteiger charge is 2.21. The summed E-state index contributed by atoms with van der Waals surface area (Å²) in [5, 5.41) is 8.80. The number of anilines is 1. The van der Waals surface area contributed by atoms with Gasteiger partial charge in [0.15, 0.2) is 0 Å². The largest absolute Gasteiger partial charge is 0.490 e. The number of ether oxygens (including phenoxy) is 2. The van der Waals surface area contributed by atoms with Crippen LogP contribution in [-0.2, 0) is 4.74 Å². The van der Waals surface area contributed by atoms with Gasteiger partial charge < -0.3 is 14.4 Å². The van der Waals surface area contributed by atoms with Gasteiger partial charge in [0, 0.05) is 12.7 Å². The van der Waals surface area contributed by atoms with Crippen molar-refractivity contribution in [1.29, 1.82) is 5.26 Å². The van der Waals surface area contributed by atoms with E-state index < -0.39 is 5.97 Å². The predicted octanol–water partition coefficient (Wildman–Crippen LogP) is 4.07. The topological polar surface area (TPSA) is 79.6 Å². The molecule has 0 heterocycles. The van der Waals surface area contributed by atoms with E-state index in [0.717, 1.165) is 5.69 Å². The average Bonchev–Trinajstić information content (AvgIpc) is 2.81. The van der Waals surface area contributed by atoms with Crippen molar-refractivity contribution in [2.45, 2.75) is 0 Å². The summed E-state index contributed by atoms with van der Waals surface area (Å²) in [4.78, 5) is 26.9. The van der Waals surface area contributed by atoms with Crippen LogP contribution in [0.4, 0.5) is 5.69 Å². The Morgan fingerprint density at radius 1 is 0.867 bits per heavy atom. The minimum atomic E-state index is -0.594. The van der Waals surface area contributed by atoms with Crippen LogP contribution in [0, 0.1) is 11.3 Å². The molecule has 1 amide bonds. The second-order valence-electron chi connectivity index (χ2n) is 6.37. The summed E-state index contributed by atoms with van der Waals surface area (Å²) in [5.74, 6) is -0.323. The molecule has 0 N–H and O–H groups in total. The Morgan fingerprint density at radius 3 is 2.17 bits per heavy atom. The van der Waals surface area contributed by atoms with Gasteiger partial charge in [-0.25, -0.2) is 4.79 Å². The van der Waals surface area contributed by atoms with Crippen LogP contribution < -0.4 is 9.64 Å². The molecule has 30 heavy (non-hydrogen) atoms. The summed E-state index contributed by atoms with van der Waals surface area (Å²) < 4.78 is 10.8. The van der Waals surface area contributed by atoms with Crippen molar-refractivity contribution in [2.75, 3.05) is 25.2 Å². The van der Waals surface area contributed by atoms with E-state index in [-0.39, 0.29) is 30.2 Å². The highest BCUT2D eigenvalue weighted by Crippen LogP contribution is 2.18. The molecule has 3 rings (SSSR count). The average molecular weight is 400 g/mol. The highest BCUT2D eigenvalue weighted by atomic mass is 16.6. The van der Waals surface area contributed by atoms with Crippen LogP contribution in [0.3, 0.4) is 0 Å². The SMILES string of the molecule is CN(C(=O)c1ccccc1C(=O)OCCOc1ccc(C#N)cc1)c1ccccc1. The Hall–Kier alpha value is -4.11. The molecule has 0 unspecified atom stereocenters. The molecular weight excluding hydrogens is 380 g/mol. The van der Waals surface area contributed by atoms with E-state index in [2.05, 4.69) is 0 Å². The normalized spacial score (nSPS) is 10.0. The molecule has 0 bridgehead atoms. The number of para-hydroxylation sites is 1.